The van der Waals surface area contributed by atoms with Crippen LogP contribution in [0.4, 0.5) is 0 Å². The van der Waals surface area contributed by atoms with Crippen molar-refractivity contribution in [2.24, 2.45) is 0 Å². The molecule has 0 N–H and O–H groups in total. The van der Waals surface area contributed by atoms with E-state index in [1.165, 1.54) is 55.2 Å². The lowest BCUT2D eigenvalue weighted by atomic mass is 9.84. The average Bonchev–Trinajstić information content (AvgIpc) is 3.01. The molecule has 0 saturated heterocycles. The maximum absolute atomic E-state index is 5.48. The van der Waals surface area contributed by atoms with E-state index in [0.717, 1.165) is 12.0 Å². The minimum atomic E-state index is 0.520. The second-order valence-electron chi connectivity index (χ2n) is 7.03. The van der Waals surface area contributed by atoms with Crippen molar-refractivity contribution in [1.29, 1.82) is 0 Å². The molecule has 1 unspecified atom stereocenters. The smallest absolute Gasteiger partial charge is 0.258 e. The van der Waals surface area contributed by atoms with E-state index in [0.29, 0.717) is 17.6 Å². The zero-order valence-electron chi connectivity index (χ0n) is 15.1. The molecule has 1 aliphatic carbocycles. The molecule has 3 rings (SSSR count). The minimum Gasteiger partial charge on any atom is -0.334 e. The molecular formula is C21H28N2O. The fraction of sp³-hybridized carbons (Fsp3) is 0.524. The van der Waals surface area contributed by atoms with Crippen molar-refractivity contribution in [1.82, 2.24) is 10.1 Å². The maximum atomic E-state index is 5.48. The molecule has 24 heavy (non-hydrogen) atoms. The van der Waals surface area contributed by atoms with Crippen molar-refractivity contribution in [2.45, 2.75) is 71.6 Å². The van der Waals surface area contributed by atoms with Gasteiger partial charge in [-0.05, 0) is 63.1 Å². The summed E-state index contributed by atoms with van der Waals surface area (Å²) >= 11 is 0. The molecule has 0 fully saturated rings. The van der Waals surface area contributed by atoms with Crippen LogP contribution >= 0.6 is 0 Å². The minimum absolute atomic E-state index is 0.520. The number of benzene rings is 1. The number of rotatable bonds is 6. The Morgan fingerprint density at radius 2 is 2.08 bits per heavy atom. The van der Waals surface area contributed by atoms with Crippen molar-refractivity contribution in [3.8, 4) is 11.5 Å². The lowest BCUT2D eigenvalue weighted by Crippen LogP contribution is -2.03. The Morgan fingerprint density at radius 1 is 1.21 bits per heavy atom. The Hall–Kier alpha value is -1.90. The van der Waals surface area contributed by atoms with Crippen molar-refractivity contribution >= 4 is 0 Å². The molecule has 1 aromatic carbocycles. The van der Waals surface area contributed by atoms with Crippen LogP contribution in [0.25, 0.3) is 11.5 Å². The monoisotopic (exact) mass is 324 g/mol. The number of aromatic nitrogens is 2. The summed E-state index contributed by atoms with van der Waals surface area (Å²) in [6.45, 7) is 6.36. The number of nitrogens with zero attached hydrogens (tertiary/aromatic N) is 2. The molecule has 1 aliphatic rings. The van der Waals surface area contributed by atoms with E-state index >= 15 is 0 Å². The fourth-order valence-corrected chi connectivity index (χ4v) is 3.59. The lowest BCUT2D eigenvalue weighted by Gasteiger charge is -2.21. The van der Waals surface area contributed by atoms with Crippen molar-refractivity contribution < 1.29 is 4.52 Å². The SMILES string of the molecule is CCCCCc1ccc(C2C=C(C)CCC2)cc1-c1nc(C)no1. The Labute approximate surface area is 145 Å². The summed E-state index contributed by atoms with van der Waals surface area (Å²) in [4.78, 5) is 4.48. The molecule has 0 aliphatic heterocycles. The van der Waals surface area contributed by atoms with Gasteiger partial charge in [-0.2, -0.15) is 4.98 Å². The van der Waals surface area contributed by atoms with E-state index in [1.54, 1.807) is 0 Å². The molecule has 0 saturated carbocycles. The van der Waals surface area contributed by atoms with Gasteiger partial charge >= 0.3 is 0 Å². The molecule has 0 amide bonds. The van der Waals surface area contributed by atoms with Gasteiger partial charge in [-0.1, -0.05) is 48.7 Å². The van der Waals surface area contributed by atoms with Crippen LogP contribution in [0.1, 0.15) is 75.2 Å². The third kappa shape index (κ3) is 3.95. The number of unbranched alkanes of at least 4 members (excludes halogenated alkanes) is 2. The molecule has 0 spiro atoms. The maximum Gasteiger partial charge on any atom is 0.258 e. The van der Waals surface area contributed by atoms with Crippen LogP contribution in [0, 0.1) is 6.92 Å². The standard InChI is InChI=1S/C21H28N2O/c1-4-5-6-9-17-11-12-19(18-10-7-8-15(2)13-18)14-20(17)21-22-16(3)23-24-21/h11-14,18H,4-10H2,1-3H3. The highest BCUT2D eigenvalue weighted by Gasteiger charge is 2.18. The first kappa shape index (κ1) is 16.9. The lowest BCUT2D eigenvalue weighted by molar-refractivity contribution is 0.425. The van der Waals surface area contributed by atoms with E-state index in [2.05, 4.69) is 48.3 Å². The summed E-state index contributed by atoms with van der Waals surface area (Å²) in [6.07, 6.45) is 10.9. The van der Waals surface area contributed by atoms with Crippen LogP contribution in [0.15, 0.2) is 34.4 Å². The van der Waals surface area contributed by atoms with Gasteiger partial charge in [0.25, 0.3) is 5.89 Å². The molecule has 128 valence electrons. The number of hydrogen-bond acceptors (Lipinski definition) is 3. The predicted octanol–water partition coefficient (Wildman–Crippen LogP) is 5.99. The van der Waals surface area contributed by atoms with Crippen LogP contribution < -0.4 is 0 Å². The van der Waals surface area contributed by atoms with E-state index in [9.17, 15) is 0 Å². The molecule has 1 aromatic heterocycles. The van der Waals surface area contributed by atoms with Crippen LogP contribution in [-0.2, 0) is 6.42 Å². The first-order valence-electron chi connectivity index (χ1n) is 9.28. The van der Waals surface area contributed by atoms with Gasteiger partial charge in [0.15, 0.2) is 5.82 Å². The van der Waals surface area contributed by atoms with Gasteiger partial charge in [-0.15, -0.1) is 0 Å². The van der Waals surface area contributed by atoms with Crippen molar-refractivity contribution in [3.63, 3.8) is 0 Å². The second kappa shape index (κ2) is 7.78. The van der Waals surface area contributed by atoms with Gasteiger partial charge in [0, 0.05) is 11.5 Å². The second-order valence-corrected chi connectivity index (χ2v) is 7.03. The average molecular weight is 324 g/mol. The zero-order valence-corrected chi connectivity index (χ0v) is 15.1. The largest absolute Gasteiger partial charge is 0.334 e. The Bertz CT molecular complexity index is 714. The summed E-state index contributed by atoms with van der Waals surface area (Å²) in [7, 11) is 0. The van der Waals surface area contributed by atoms with Crippen LogP contribution in [-0.4, -0.2) is 10.1 Å². The molecule has 0 bridgehead atoms. The molecule has 3 nitrogen and oxygen atoms in total. The molecule has 1 atom stereocenters. The fourth-order valence-electron chi connectivity index (χ4n) is 3.59. The summed E-state index contributed by atoms with van der Waals surface area (Å²) < 4.78 is 5.48. The van der Waals surface area contributed by atoms with Gasteiger partial charge in [-0.25, -0.2) is 0 Å². The van der Waals surface area contributed by atoms with Gasteiger partial charge in [-0.3, -0.25) is 0 Å². The molecule has 1 heterocycles. The van der Waals surface area contributed by atoms with Gasteiger partial charge in [0.1, 0.15) is 0 Å². The summed E-state index contributed by atoms with van der Waals surface area (Å²) in [6, 6.07) is 6.86. The van der Waals surface area contributed by atoms with Crippen LogP contribution in [0.2, 0.25) is 0 Å². The van der Waals surface area contributed by atoms with Gasteiger partial charge in [0.2, 0.25) is 0 Å². The Balaban J connectivity index is 1.94. The summed E-state index contributed by atoms with van der Waals surface area (Å²) in [5, 5.41) is 3.99. The van der Waals surface area contributed by atoms with E-state index in [-0.39, 0.29) is 0 Å². The van der Waals surface area contributed by atoms with Gasteiger partial charge < -0.3 is 4.52 Å². The van der Waals surface area contributed by atoms with Crippen molar-refractivity contribution in [3.05, 3.63) is 46.8 Å². The molecular weight excluding hydrogens is 296 g/mol. The highest BCUT2D eigenvalue weighted by molar-refractivity contribution is 5.60. The Morgan fingerprint density at radius 3 is 2.79 bits per heavy atom. The third-order valence-corrected chi connectivity index (χ3v) is 4.94. The van der Waals surface area contributed by atoms with Gasteiger partial charge in [0.05, 0.1) is 0 Å². The normalized spacial score (nSPS) is 17.8. The van der Waals surface area contributed by atoms with E-state index in [1.807, 2.05) is 6.92 Å². The van der Waals surface area contributed by atoms with Crippen molar-refractivity contribution in [2.75, 3.05) is 0 Å². The topological polar surface area (TPSA) is 38.9 Å². The molecule has 0 radical (unpaired) electrons. The Kier molecular flexibility index (Phi) is 5.49. The highest BCUT2D eigenvalue weighted by atomic mass is 16.5. The summed E-state index contributed by atoms with van der Waals surface area (Å²) in [5.74, 6) is 1.88. The number of allylic oxidation sites excluding steroid dienone is 2. The van der Waals surface area contributed by atoms with Crippen LogP contribution in [0.3, 0.4) is 0 Å². The third-order valence-electron chi connectivity index (χ3n) is 4.94. The first-order valence-corrected chi connectivity index (χ1v) is 9.28. The van der Waals surface area contributed by atoms with E-state index < -0.39 is 0 Å². The predicted molar refractivity (Wildman–Crippen MR) is 98.0 cm³/mol. The quantitative estimate of drug-likeness (QED) is 0.484. The van der Waals surface area contributed by atoms with Crippen LogP contribution in [0.5, 0.6) is 0 Å². The number of aryl methyl sites for hydroxylation is 2. The molecule has 2 aromatic rings. The first-order chi connectivity index (χ1) is 11.7. The zero-order chi connectivity index (χ0) is 16.9. The molecule has 3 heteroatoms. The summed E-state index contributed by atoms with van der Waals surface area (Å²) in [5.41, 5.74) is 5.33. The highest BCUT2D eigenvalue weighted by Crippen LogP contribution is 2.34. The van der Waals surface area contributed by atoms with E-state index in [4.69, 9.17) is 4.52 Å². The number of hydrogen-bond donors (Lipinski definition) is 0.